The normalized spacial score (nSPS) is 13.7. The van der Waals surface area contributed by atoms with Crippen LogP contribution in [0.2, 0.25) is 0 Å². The monoisotopic (exact) mass is 300 g/mol. The van der Waals surface area contributed by atoms with Crippen LogP contribution in [-0.2, 0) is 6.42 Å². The molecule has 1 heterocycles. The first-order chi connectivity index (χ1) is 10.7. The van der Waals surface area contributed by atoms with Gasteiger partial charge in [-0.25, -0.2) is 4.39 Å². The molecule has 3 nitrogen and oxygen atoms in total. The van der Waals surface area contributed by atoms with Gasteiger partial charge in [0.15, 0.2) is 5.78 Å². The number of halogens is 1. The summed E-state index contributed by atoms with van der Waals surface area (Å²) in [5, 5.41) is 0. The summed E-state index contributed by atoms with van der Waals surface area (Å²) in [7, 11) is 1.57. The van der Waals surface area contributed by atoms with Gasteiger partial charge in [-0.05, 0) is 61.2 Å². The lowest BCUT2D eigenvalue weighted by Crippen LogP contribution is -2.08. The van der Waals surface area contributed by atoms with E-state index >= 15 is 0 Å². The van der Waals surface area contributed by atoms with Gasteiger partial charge in [-0.1, -0.05) is 0 Å². The van der Waals surface area contributed by atoms with Crippen molar-refractivity contribution in [1.82, 2.24) is 0 Å². The fourth-order valence-corrected chi connectivity index (χ4v) is 2.66. The minimum absolute atomic E-state index is 0.236. The van der Waals surface area contributed by atoms with Crippen molar-refractivity contribution in [3.05, 3.63) is 58.9 Å². The van der Waals surface area contributed by atoms with E-state index in [1.807, 2.05) is 0 Å². The Morgan fingerprint density at radius 2 is 1.95 bits per heavy atom. The van der Waals surface area contributed by atoms with E-state index in [1.165, 1.54) is 12.1 Å². The molecule has 0 spiro atoms. The van der Waals surface area contributed by atoms with Crippen LogP contribution in [0.4, 0.5) is 4.39 Å². The van der Waals surface area contributed by atoms with Crippen LogP contribution in [-0.4, -0.2) is 19.5 Å². The molecule has 2 aromatic carbocycles. The molecule has 0 unspecified atom stereocenters. The number of rotatable bonds is 3. The van der Waals surface area contributed by atoms with Crippen LogP contribution in [0.15, 0.2) is 36.4 Å². The van der Waals surface area contributed by atoms with Gasteiger partial charge in [0, 0.05) is 5.56 Å². The first kappa shape index (κ1) is 14.6. The topological polar surface area (TPSA) is 35.5 Å². The van der Waals surface area contributed by atoms with Crippen LogP contribution in [0, 0.1) is 5.82 Å². The summed E-state index contributed by atoms with van der Waals surface area (Å²) < 4.78 is 24.6. The standard InChI is InChI=1S/C18H17FO3/c1-21-15-7-5-12(6-8-15)17(20)16-11-14(19)10-13-4-2-3-9-22-18(13)16/h5-8,10-11H,2-4,9H2,1H3. The summed E-state index contributed by atoms with van der Waals surface area (Å²) in [4.78, 5) is 12.7. The highest BCUT2D eigenvalue weighted by Gasteiger charge is 2.21. The van der Waals surface area contributed by atoms with Crippen LogP contribution >= 0.6 is 0 Å². The molecule has 114 valence electrons. The van der Waals surface area contributed by atoms with Crippen molar-refractivity contribution in [1.29, 1.82) is 0 Å². The van der Waals surface area contributed by atoms with E-state index in [1.54, 1.807) is 31.4 Å². The Balaban J connectivity index is 2.02. The number of carbonyl (C=O) groups excluding carboxylic acids is 1. The molecule has 0 bridgehead atoms. The molecule has 1 aliphatic heterocycles. The Morgan fingerprint density at radius 3 is 2.68 bits per heavy atom. The van der Waals surface area contributed by atoms with E-state index < -0.39 is 5.82 Å². The third-order valence-electron chi connectivity index (χ3n) is 3.81. The minimum atomic E-state index is -0.402. The number of ether oxygens (including phenoxy) is 2. The van der Waals surface area contributed by atoms with Crippen molar-refractivity contribution in [2.75, 3.05) is 13.7 Å². The molecular weight excluding hydrogens is 283 g/mol. The molecule has 0 saturated heterocycles. The largest absolute Gasteiger partial charge is 0.497 e. The molecule has 1 aliphatic rings. The third-order valence-corrected chi connectivity index (χ3v) is 3.81. The van der Waals surface area contributed by atoms with Crippen LogP contribution in [0.3, 0.4) is 0 Å². The summed E-state index contributed by atoms with van der Waals surface area (Å²) in [5.41, 5.74) is 1.55. The molecule has 0 radical (unpaired) electrons. The predicted molar refractivity (Wildman–Crippen MR) is 81.3 cm³/mol. The fourth-order valence-electron chi connectivity index (χ4n) is 2.66. The molecular formula is C18H17FO3. The maximum atomic E-state index is 13.9. The van der Waals surface area contributed by atoms with Gasteiger partial charge in [-0.2, -0.15) is 0 Å². The van der Waals surface area contributed by atoms with E-state index in [2.05, 4.69) is 0 Å². The van der Waals surface area contributed by atoms with E-state index in [9.17, 15) is 9.18 Å². The lowest BCUT2D eigenvalue weighted by Gasteiger charge is -2.13. The molecule has 4 heteroatoms. The second-order valence-corrected chi connectivity index (χ2v) is 5.30. The first-order valence-corrected chi connectivity index (χ1v) is 7.33. The Labute approximate surface area is 128 Å². The number of fused-ring (bicyclic) bond motifs is 1. The number of methoxy groups -OCH3 is 1. The van der Waals surface area contributed by atoms with Gasteiger partial charge in [0.2, 0.25) is 0 Å². The molecule has 0 amide bonds. The smallest absolute Gasteiger partial charge is 0.196 e. The Kier molecular flexibility index (Phi) is 4.09. The van der Waals surface area contributed by atoms with E-state index in [0.717, 1.165) is 24.8 Å². The molecule has 22 heavy (non-hydrogen) atoms. The average molecular weight is 300 g/mol. The minimum Gasteiger partial charge on any atom is -0.497 e. The number of hydrogen-bond acceptors (Lipinski definition) is 3. The summed E-state index contributed by atoms with van der Waals surface area (Å²) in [6.45, 7) is 0.557. The lowest BCUT2D eigenvalue weighted by atomic mass is 9.98. The van der Waals surface area contributed by atoms with Gasteiger partial charge in [0.25, 0.3) is 0 Å². The van der Waals surface area contributed by atoms with E-state index in [-0.39, 0.29) is 5.78 Å². The number of carbonyl (C=O) groups is 1. The number of benzene rings is 2. The quantitative estimate of drug-likeness (QED) is 0.809. The Bertz CT molecular complexity index is 692. The van der Waals surface area contributed by atoms with Crippen molar-refractivity contribution in [2.24, 2.45) is 0 Å². The van der Waals surface area contributed by atoms with Crippen molar-refractivity contribution in [3.63, 3.8) is 0 Å². The highest BCUT2D eigenvalue weighted by Crippen LogP contribution is 2.31. The number of aryl methyl sites for hydroxylation is 1. The predicted octanol–water partition coefficient (Wildman–Crippen LogP) is 3.78. The van der Waals surface area contributed by atoms with Crippen LogP contribution in [0.1, 0.15) is 34.3 Å². The molecule has 2 aromatic rings. The van der Waals surface area contributed by atoms with Gasteiger partial charge in [-0.15, -0.1) is 0 Å². The Hall–Kier alpha value is -2.36. The van der Waals surface area contributed by atoms with Crippen molar-refractivity contribution in [3.8, 4) is 11.5 Å². The number of ketones is 1. The molecule has 0 aromatic heterocycles. The molecule has 0 atom stereocenters. The van der Waals surface area contributed by atoms with Crippen LogP contribution in [0.5, 0.6) is 11.5 Å². The van der Waals surface area contributed by atoms with E-state index in [0.29, 0.717) is 29.2 Å². The fraction of sp³-hybridized carbons (Fsp3) is 0.278. The Morgan fingerprint density at radius 1 is 1.18 bits per heavy atom. The molecule has 0 aliphatic carbocycles. The average Bonchev–Trinajstić information content (AvgIpc) is 2.78. The van der Waals surface area contributed by atoms with Gasteiger partial charge < -0.3 is 9.47 Å². The van der Waals surface area contributed by atoms with Crippen molar-refractivity contribution < 1.29 is 18.7 Å². The number of hydrogen-bond donors (Lipinski definition) is 0. The summed E-state index contributed by atoms with van der Waals surface area (Å²) in [6.07, 6.45) is 2.58. The van der Waals surface area contributed by atoms with Crippen molar-refractivity contribution in [2.45, 2.75) is 19.3 Å². The SMILES string of the molecule is COc1ccc(C(=O)c2cc(F)cc3c2OCCCC3)cc1. The maximum Gasteiger partial charge on any atom is 0.196 e. The summed E-state index contributed by atoms with van der Waals surface area (Å²) in [5.74, 6) is 0.562. The van der Waals surface area contributed by atoms with Crippen LogP contribution in [0.25, 0.3) is 0 Å². The molecule has 0 saturated carbocycles. The van der Waals surface area contributed by atoms with Gasteiger partial charge in [0.1, 0.15) is 17.3 Å². The molecule has 0 N–H and O–H groups in total. The van der Waals surface area contributed by atoms with Gasteiger partial charge in [-0.3, -0.25) is 4.79 Å². The second-order valence-electron chi connectivity index (χ2n) is 5.30. The van der Waals surface area contributed by atoms with Gasteiger partial charge >= 0.3 is 0 Å². The molecule has 3 rings (SSSR count). The van der Waals surface area contributed by atoms with Gasteiger partial charge in [0.05, 0.1) is 19.3 Å². The molecule has 0 fully saturated rings. The lowest BCUT2D eigenvalue weighted by molar-refractivity contribution is 0.103. The zero-order valence-corrected chi connectivity index (χ0v) is 12.4. The van der Waals surface area contributed by atoms with Crippen molar-refractivity contribution >= 4 is 5.78 Å². The second kappa shape index (κ2) is 6.18. The maximum absolute atomic E-state index is 13.9. The highest BCUT2D eigenvalue weighted by molar-refractivity contribution is 6.11. The summed E-state index contributed by atoms with van der Waals surface area (Å²) in [6, 6.07) is 9.50. The zero-order chi connectivity index (χ0) is 15.5. The first-order valence-electron chi connectivity index (χ1n) is 7.33. The zero-order valence-electron chi connectivity index (χ0n) is 12.4. The van der Waals surface area contributed by atoms with E-state index in [4.69, 9.17) is 9.47 Å². The van der Waals surface area contributed by atoms with Crippen LogP contribution < -0.4 is 9.47 Å². The highest BCUT2D eigenvalue weighted by atomic mass is 19.1. The third kappa shape index (κ3) is 2.82. The summed E-state index contributed by atoms with van der Waals surface area (Å²) >= 11 is 0.